The number of carbonyl (C=O) groups excluding carboxylic acids is 1. The molecule has 1 amide bonds. The van der Waals surface area contributed by atoms with Gasteiger partial charge in [0.05, 0.1) is 17.1 Å². The first-order chi connectivity index (χ1) is 14.6. The van der Waals surface area contributed by atoms with Crippen LogP contribution in [-0.2, 0) is 11.3 Å². The van der Waals surface area contributed by atoms with E-state index in [1.54, 1.807) is 0 Å². The lowest BCUT2D eigenvalue weighted by atomic mass is 10.1. The number of rotatable bonds is 10. The zero-order valence-electron chi connectivity index (χ0n) is 17.5. The van der Waals surface area contributed by atoms with E-state index in [4.69, 9.17) is 9.84 Å². The monoisotopic (exact) mass is 430 g/mol. The van der Waals surface area contributed by atoms with Gasteiger partial charge in [0.2, 0.25) is 0 Å². The highest BCUT2D eigenvalue weighted by atomic mass is 32.1. The van der Waals surface area contributed by atoms with Crippen LogP contribution >= 0.6 is 11.3 Å². The number of amides is 1. The lowest BCUT2D eigenvalue weighted by Crippen LogP contribution is -2.23. The molecule has 1 saturated heterocycles. The molecule has 4 rings (SSSR count). The summed E-state index contributed by atoms with van der Waals surface area (Å²) in [7, 11) is 2.15. The van der Waals surface area contributed by atoms with Gasteiger partial charge in [0.25, 0.3) is 5.91 Å². The normalized spacial score (nSPS) is 16.8. The number of ether oxygens (including phenoxy) is 1. The van der Waals surface area contributed by atoms with E-state index in [0.29, 0.717) is 23.9 Å². The standard InChI is InChI=1S/C22H30N4O3S/c1-25(10-8-17-5-4-12-29-17)14-16-6-7-18-19(13-16)26-15-20(30-22(26)24-18)21(28)23-9-2-3-11-27/h6-7,13,15,17,27H,2-5,8-12,14H2,1H3,(H,23,28). The number of aliphatic hydroxyl groups is 1. The summed E-state index contributed by atoms with van der Waals surface area (Å²) in [4.78, 5) is 20.9. The van der Waals surface area contributed by atoms with Gasteiger partial charge in [-0.05, 0) is 56.8 Å². The smallest absolute Gasteiger partial charge is 0.263 e. The predicted octanol–water partition coefficient (Wildman–Crippen LogP) is 3.05. The van der Waals surface area contributed by atoms with Gasteiger partial charge in [-0.15, -0.1) is 0 Å². The van der Waals surface area contributed by atoms with Crippen molar-refractivity contribution in [2.75, 3.05) is 33.4 Å². The largest absolute Gasteiger partial charge is 0.396 e. The van der Waals surface area contributed by atoms with E-state index in [1.807, 2.05) is 10.6 Å². The zero-order chi connectivity index (χ0) is 20.9. The first kappa shape index (κ1) is 21.2. The molecule has 1 aliphatic heterocycles. The maximum atomic E-state index is 12.4. The van der Waals surface area contributed by atoms with Gasteiger partial charge in [-0.25, -0.2) is 4.98 Å². The third kappa shape index (κ3) is 5.00. The number of carbonyl (C=O) groups is 1. The number of nitrogens with zero attached hydrogens (tertiary/aromatic N) is 3. The van der Waals surface area contributed by atoms with Crippen LogP contribution in [0.5, 0.6) is 0 Å². The first-order valence-corrected chi connectivity index (χ1v) is 11.6. The molecule has 1 aromatic carbocycles. The molecule has 2 N–H and O–H groups in total. The van der Waals surface area contributed by atoms with E-state index in [-0.39, 0.29) is 12.5 Å². The van der Waals surface area contributed by atoms with Crippen molar-refractivity contribution in [3.8, 4) is 0 Å². The van der Waals surface area contributed by atoms with Crippen LogP contribution in [0.25, 0.3) is 16.0 Å². The quantitative estimate of drug-likeness (QED) is 0.484. The summed E-state index contributed by atoms with van der Waals surface area (Å²) in [6, 6.07) is 6.37. The highest BCUT2D eigenvalue weighted by molar-refractivity contribution is 7.18. The van der Waals surface area contributed by atoms with Gasteiger partial charge < -0.3 is 20.1 Å². The van der Waals surface area contributed by atoms with E-state index < -0.39 is 0 Å². The number of unbranched alkanes of at least 4 members (excludes halogenated alkanes) is 1. The molecule has 2 aromatic heterocycles. The van der Waals surface area contributed by atoms with E-state index >= 15 is 0 Å². The lowest BCUT2D eigenvalue weighted by molar-refractivity contribution is 0.0943. The van der Waals surface area contributed by atoms with Gasteiger partial charge in [0.15, 0.2) is 4.96 Å². The summed E-state index contributed by atoms with van der Waals surface area (Å²) >= 11 is 1.40. The van der Waals surface area contributed by atoms with Gasteiger partial charge in [0.1, 0.15) is 4.88 Å². The second-order valence-corrected chi connectivity index (χ2v) is 9.04. The number of fused-ring (bicyclic) bond motifs is 3. The van der Waals surface area contributed by atoms with Crippen LogP contribution in [0.4, 0.5) is 0 Å². The van der Waals surface area contributed by atoms with Gasteiger partial charge >= 0.3 is 0 Å². The molecule has 30 heavy (non-hydrogen) atoms. The van der Waals surface area contributed by atoms with Crippen molar-refractivity contribution in [2.45, 2.75) is 44.8 Å². The molecule has 7 nitrogen and oxygen atoms in total. The fraction of sp³-hybridized carbons (Fsp3) is 0.545. The van der Waals surface area contributed by atoms with Crippen LogP contribution in [-0.4, -0.2) is 64.8 Å². The van der Waals surface area contributed by atoms with Crippen LogP contribution in [0.1, 0.15) is 47.3 Å². The molecule has 8 heteroatoms. The fourth-order valence-electron chi connectivity index (χ4n) is 3.91. The van der Waals surface area contributed by atoms with E-state index in [0.717, 1.165) is 48.5 Å². The number of nitrogens with one attached hydrogen (secondary N) is 1. The molecule has 3 aromatic rings. The average molecular weight is 431 g/mol. The summed E-state index contributed by atoms with van der Waals surface area (Å²) in [5, 5.41) is 11.8. The molecule has 0 saturated carbocycles. The molecule has 0 aliphatic carbocycles. The first-order valence-electron chi connectivity index (χ1n) is 10.7. The zero-order valence-corrected chi connectivity index (χ0v) is 18.3. The average Bonchev–Trinajstić information content (AvgIpc) is 3.46. The molecular weight excluding hydrogens is 400 g/mol. The van der Waals surface area contributed by atoms with Crippen LogP contribution in [0.2, 0.25) is 0 Å². The number of aromatic nitrogens is 2. The van der Waals surface area contributed by atoms with Crippen molar-refractivity contribution in [2.24, 2.45) is 0 Å². The second kappa shape index (κ2) is 9.87. The molecular formula is C22H30N4O3S. The number of thiazole rings is 1. The van der Waals surface area contributed by atoms with Crippen molar-refractivity contribution in [3.05, 3.63) is 34.8 Å². The highest BCUT2D eigenvalue weighted by Crippen LogP contribution is 2.25. The van der Waals surface area contributed by atoms with Gasteiger partial charge in [-0.1, -0.05) is 17.4 Å². The number of imidazole rings is 1. The molecule has 1 unspecified atom stereocenters. The van der Waals surface area contributed by atoms with Crippen LogP contribution in [0.3, 0.4) is 0 Å². The maximum absolute atomic E-state index is 12.4. The predicted molar refractivity (Wildman–Crippen MR) is 119 cm³/mol. The van der Waals surface area contributed by atoms with Crippen molar-refractivity contribution in [1.29, 1.82) is 0 Å². The molecule has 1 atom stereocenters. The highest BCUT2D eigenvalue weighted by Gasteiger charge is 2.17. The van der Waals surface area contributed by atoms with Crippen LogP contribution < -0.4 is 5.32 Å². The van der Waals surface area contributed by atoms with Crippen molar-refractivity contribution in [3.63, 3.8) is 0 Å². The van der Waals surface area contributed by atoms with Gasteiger partial charge in [-0.3, -0.25) is 9.20 Å². The van der Waals surface area contributed by atoms with Gasteiger partial charge in [-0.2, -0.15) is 0 Å². The molecule has 3 heterocycles. The molecule has 162 valence electrons. The van der Waals surface area contributed by atoms with Gasteiger partial charge in [0, 0.05) is 39.0 Å². The van der Waals surface area contributed by atoms with E-state index in [2.05, 4.69) is 40.4 Å². The van der Waals surface area contributed by atoms with Crippen molar-refractivity contribution in [1.82, 2.24) is 19.6 Å². The minimum absolute atomic E-state index is 0.0818. The third-order valence-electron chi connectivity index (χ3n) is 5.57. The Morgan fingerprint density at radius 1 is 1.43 bits per heavy atom. The lowest BCUT2D eigenvalue weighted by Gasteiger charge is -2.19. The summed E-state index contributed by atoms with van der Waals surface area (Å²) in [5.41, 5.74) is 3.22. The van der Waals surface area contributed by atoms with E-state index in [9.17, 15) is 4.79 Å². The summed E-state index contributed by atoms with van der Waals surface area (Å²) in [6.45, 7) is 3.52. The minimum atomic E-state index is -0.0818. The SMILES string of the molecule is CN(CCC1CCCO1)Cc1ccc2nc3sc(C(=O)NCCCCO)cn3c2c1. The summed E-state index contributed by atoms with van der Waals surface area (Å²) < 4.78 is 7.74. The summed E-state index contributed by atoms with van der Waals surface area (Å²) in [6.07, 6.45) is 7.22. The number of hydrogen-bond donors (Lipinski definition) is 2. The van der Waals surface area contributed by atoms with Crippen LogP contribution in [0.15, 0.2) is 24.4 Å². The van der Waals surface area contributed by atoms with Crippen molar-refractivity contribution < 1.29 is 14.6 Å². The molecule has 1 fully saturated rings. The van der Waals surface area contributed by atoms with Crippen LogP contribution in [0, 0.1) is 0 Å². The Morgan fingerprint density at radius 3 is 3.13 bits per heavy atom. The Bertz CT molecular complexity index is 993. The Morgan fingerprint density at radius 2 is 2.33 bits per heavy atom. The number of hydrogen-bond acceptors (Lipinski definition) is 6. The fourth-order valence-corrected chi connectivity index (χ4v) is 4.82. The number of benzene rings is 1. The van der Waals surface area contributed by atoms with Crippen molar-refractivity contribution >= 4 is 33.2 Å². The molecule has 0 bridgehead atoms. The summed E-state index contributed by atoms with van der Waals surface area (Å²) in [5.74, 6) is -0.0818. The topological polar surface area (TPSA) is 79.1 Å². The Kier molecular flexibility index (Phi) is 6.99. The third-order valence-corrected chi connectivity index (χ3v) is 6.55. The second-order valence-electron chi connectivity index (χ2n) is 8.03. The molecule has 1 aliphatic rings. The Hall–Kier alpha value is -2.00. The van der Waals surface area contributed by atoms with E-state index in [1.165, 1.54) is 29.7 Å². The number of aliphatic hydroxyl groups excluding tert-OH is 1. The molecule has 0 spiro atoms. The molecule has 0 radical (unpaired) electrons. The Balaban J connectivity index is 1.42. The maximum Gasteiger partial charge on any atom is 0.263 e. The Labute approximate surface area is 180 Å². The minimum Gasteiger partial charge on any atom is -0.396 e.